The molecule has 0 unspecified atom stereocenters. The zero-order valence-electron chi connectivity index (χ0n) is 12.1. The molecule has 20 heavy (non-hydrogen) atoms. The number of aliphatic hydroxyl groups is 1. The number of halogens is 1. The molecule has 0 aliphatic rings. The molecule has 0 spiro atoms. The molecule has 0 heterocycles. The fourth-order valence-corrected chi connectivity index (χ4v) is 2.69. The van der Waals surface area contributed by atoms with Gasteiger partial charge in [0.2, 0.25) is 10.0 Å². The molecular weight excluding hydrogens is 283 g/mol. The lowest BCUT2D eigenvalue weighted by Crippen LogP contribution is -2.48. The number of benzene rings is 1. The van der Waals surface area contributed by atoms with E-state index in [1.165, 1.54) is 6.07 Å². The predicted octanol–water partition coefficient (Wildman–Crippen LogP) is 0.936. The average Bonchev–Trinajstić information content (AvgIpc) is 2.37. The van der Waals surface area contributed by atoms with E-state index in [2.05, 4.69) is 4.72 Å². The minimum atomic E-state index is -3.95. The first-order valence-electron chi connectivity index (χ1n) is 6.16. The molecule has 0 saturated carbocycles. The first-order valence-corrected chi connectivity index (χ1v) is 7.65. The van der Waals surface area contributed by atoms with Crippen LogP contribution in [0.1, 0.15) is 19.4 Å². The molecule has 0 atom stereocenters. The van der Waals surface area contributed by atoms with Crippen LogP contribution in [0.25, 0.3) is 0 Å². The lowest BCUT2D eigenvalue weighted by molar-refractivity contribution is 0.199. The van der Waals surface area contributed by atoms with Crippen molar-refractivity contribution in [2.45, 2.75) is 30.9 Å². The second kappa shape index (κ2) is 6.17. The number of sulfonamides is 1. The molecule has 0 radical (unpaired) electrons. The van der Waals surface area contributed by atoms with E-state index in [9.17, 15) is 12.8 Å². The van der Waals surface area contributed by atoms with E-state index < -0.39 is 26.3 Å². The van der Waals surface area contributed by atoms with Gasteiger partial charge in [-0.2, -0.15) is 0 Å². The SMILES string of the molecule is CN(C)C(C)(C)CNS(=O)(=O)c1cc(CO)ccc1F. The molecule has 7 heteroatoms. The Labute approximate surface area is 119 Å². The summed E-state index contributed by atoms with van der Waals surface area (Å²) in [5.41, 5.74) is -0.0587. The molecule has 1 aromatic rings. The molecule has 1 rings (SSSR count). The highest BCUT2D eigenvalue weighted by Gasteiger charge is 2.26. The molecule has 114 valence electrons. The van der Waals surface area contributed by atoms with Gasteiger partial charge in [-0.25, -0.2) is 17.5 Å². The molecule has 0 aromatic heterocycles. The summed E-state index contributed by atoms with van der Waals surface area (Å²) in [4.78, 5) is 1.43. The second-order valence-corrected chi connectivity index (χ2v) is 7.19. The van der Waals surface area contributed by atoms with Gasteiger partial charge < -0.3 is 10.0 Å². The van der Waals surface area contributed by atoms with E-state index in [0.717, 1.165) is 12.1 Å². The van der Waals surface area contributed by atoms with E-state index >= 15 is 0 Å². The van der Waals surface area contributed by atoms with Gasteiger partial charge in [-0.1, -0.05) is 6.07 Å². The van der Waals surface area contributed by atoms with Crippen LogP contribution in [-0.4, -0.2) is 44.6 Å². The van der Waals surface area contributed by atoms with Crippen molar-refractivity contribution in [2.24, 2.45) is 0 Å². The van der Waals surface area contributed by atoms with Crippen LogP contribution in [0.4, 0.5) is 4.39 Å². The van der Waals surface area contributed by atoms with Crippen molar-refractivity contribution in [1.82, 2.24) is 9.62 Å². The van der Waals surface area contributed by atoms with Gasteiger partial charge in [0, 0.05) is 12.1 Å². The first kappa shape index (κ1) is 17.0. The molecule has 0 amide bonds. The fraction of sp³-hybridized carbons (Fsp3) is 0.538. The maximum Gasteiger partial charge on any atom is 0.243 e. The molecule has 2 N–H and O–H groups in total. The predicted molar refractivity (Wildman–Crippen MR) is 75.3 cm³/mol. The van der Waals surface area contributed by atoms with Gasteiger partial charge in [0.15, 0.2) is 0 Å². The van der Waals surface area contributed by atoms with E-state index in [0.29, 0.717) is 5.56 Å². The van der Waals surface area contributed by atoms with Crippen LogP contribution in [0, 0.1) is 5.82 Å². The highest BCUT2D eigenvalue weighted by atomic mass is 32.2. The molecule has 5 nitrogen and oxygen atoms in total. The summed E-state index contributed by atoms with van der Waals surface area (Å²) in [5.74, 6) is -0.836. The van der Waals surface area contributed by atoms with Gasteiger partial charge >= 0.3 is 0 Å². The standard InChI is InChI=1S/C13H21FN2O3S/c1-13(2,16(3)4)9-15-20(18,19)12-7-10(8-17)5-6-11(12)14/h5-7,15,17H,8-9H2,1-4H3. The Bertz CT molecular complexity index is 571. The Kier molecular flexibility index (Phi) is 5.26. The summed E-state index contributed by atoms with van der Waals surface area (Å²) < 4.78 is 40.3. The first-order chi connectivity index (χ1) is 9.10. The zero-order chi connectivity index (χ0) is 15.6. The summed E-state index contributed by atoms with van der Waals surface area (Å²) in [6.45, 7) is 3.54. The number of likely N-dealkylation sites (N-methyl/N-ethyl adjacent to an activating group) is 1. The Balaban J connectivity index is 3.00. The molecule has 0 aliphatic heterocycles. The summed E-state index contributed by atoms with van der Waals surface area (Å²) >= 11 is 0. The molecule has 0 saturated heterocycles. The van der Waals surface area contributed by atoms with Crippen molar-refractivity contribution >= 4 is 10.0 Å². The number of hydrogen-bond donors (Lipinski definition) is 2. The molecule has 0 bridgehead atoms. The fourth-order valence-electron chi connectivity index (χ4n) is 1.36. The largest absolute Gasteiger partial charge is 0.392 e. The van der Waals surface area contributed by atoms with Crippen LogP contribution in [0.2, 0.25) is 0 Å². The summed E-state index contributed by atoms with van der Waals surface area (Å²) in [6.07, 6.45) is 0. The van der Waals surface area contributed by atoms with E-state index in [1.807, 2.05) is 32.8 Å². The maximum absolute atomic E-state index is 13.7. The monoisotopic (exact) mass is 304 g/mol. The normalized spacial score (nSPS) is 12.9. The van der Waals surface area contributed by atoms with Crippen molar-refractivity contribution < 1.29 is 17.9 Å². The van der Waals surface area contributed by atoms with Crippen LogP contribution in [0.5, 0.6) is 0 Å². The van der Waals surface area contributed by atoms with Crippen LogP contribution in [0.3, 0.4) is 0 Å². The quantitative estimate of drug-likeness (QED) is 0.820. The highest BCUT2D eigenvalue weighted by Crippen LogP contribution is 2.17. The third-order valence-corrected chi connectivity index (χ3v) is 4.79. The van der Waals surface area contributed by atoms with Crippen LogP contribution >= 0.6 is 0 Å². The van der Waals surface area contributed by atoms with E-state index in [4.69, 9.17) is 5.11 Å². The summed E-state index contributed by atoms with van der Waals surface area (Å²) in [6, 6.07) is 3.52. The Morgan fingerprint density at radius 1 is 1.35 bits per heavy atom. The molecular formula is C13H21FN2O3S. The van der Waals surface area contributed by atoms with Gasteiger partial charge in [0.05, 0.1) is 6.61 Å². The molecule has 0 aliphatic carbocycles. The smallest absolute Gasteiger partial charge is 0.243 e. The Morgan fingerprint density at radius 2 is 1.95 bits per heavy atom. The number of nitrogens with one attached hydrogen (secondary N) is 1. The number of rotatable bonds is 6. The van der Waals surface area contributed by atoms with Crippen molar-refractivity contribution in [1.29, 1.82) is 0 Å². The number of hydrogen-bond acceptors (Lipinski definition) is 4. The average molecular weight is 304 g/mol. The lowest BCUT2D eigenvalue weighted by Gasteiger charge is -2.32. The minimum Gasteiger partial charge on any atom is -0.392 e. The summed E-state index contributed by atoms with van der Waals surface area (Å²) in [5, 5.41) is 9.01. The number of aliphatic hydroxyl groups excluding tert-OH is 1. The van der Waals surface area contributed by atoms with Gasteiger partial charge in [0.25, 0.3) is 0 Å². The van der Waals surface area contributed by atoms with Gasteiger partial charge in [-0.3, -0.25) is 0 Å². The minimum absolute atomic E-state index is 0.144. The van der Waals surface area contributed by atoms with Crippen LogP contribution in [-0.2, 0) is 16.6 Å². The number of nitrogens with zero attached hydrogens (tertiary/aromatic N) is 1. The summed E-state index contributed by atoms with van der Waals surface area (Å²) in [7, 11) is -0.284. The molecule has 1 aromatic carbocycles. The van der Waals surface area contributed by atoms with E-state index in [1.54, 1.807) is 0 Å². The maximum atomic E-state index is 13.7. The van der Waals surface area contributed by atoms with Gasteiger partial charge in [-0.05, 0) is 45.6 Å². The Hall–Kier alpha value is -1.02. The van der Waals surface area contributed by atoms with Crippen LogP contribution < -0.4 is 4.72 Å². The van der Waals surface area contributed by atoms with Crippen molar-refractivity contribution in [3.8, 4) is 0 Å². The topological polar surface area (TPSA) is 69.6 Å². The van der Waals surface area contributed by atoms with Gasteiger partial charge in [-0.15, -0.1) is 0 Å². The van der Waals surface area contributed by atoms with Crippen molar-refractivity contribution in [2.75, 3.05) is 20.6 Å². The van der Waals surface area contributed by atoms with Crippen molar-refractivity contribution in [3.63, 3.8) is 0 Å². The third kappa shape index (κ3) is 3.99. The van der Waals surface area contributed by atoms with Gasteiger partial charge in [0.1, 0.15) is 10.7 Å². The second-order valence-electron chi connectivity index (χ2n) is 5.45. The highest BCUT2D eigenvalue weighted by molar-refractivity contribution is 7.89. The third-order valence-electron chi connectivity index (χ3n) is 3.37. The van der Waals surface area contributed by atoms with Crippen LogP contribution in [0.15, 0.2) is 23.1 Å². The van der Waals surface area contributed by atoms with E-state index in [-0.39, 0.29) is 13.2 Å². The Morgan fingerprint density at radius 3 is 2.45 bits per heavy atom. The molecule has 0 fully saturated rings. The lowest BCUT2D eigenvalue weighted by atomic mass is 10.1. The zero-order valence-corrected chi connectivity index (χ0v) is 13.0. The van der Waals surface area contributed by atoms with Crippen molar-refractivity contribution in [3.05, 3.63) is 29.6 Å².